The Morgan fingerprint density at radius 3 is 2.78 bits per heavy atom. The van der Waals surface area contributed by atoms with Crippen LogP contribution in [0.15, 0.2) is 36.7 Å². The molecule has 92 valence electrons. The van der Waals surface area contributed by atoms with Gasteiger partial charge in [0.15, 0.2) is 5.82 Å². The van der Waals surface area contributed by atoms with Gasteiger partial charge >= 0.3 is 0 Å². The molecule has 1 aromatic carbocycles. The number of benzene rings is 1. The summed E-state index contributed by atoms with van der Waals surface area (Å²) in [5.74, 6) is -2.50. The molecule has 6 heteroatoms. The molecule has 1 heterocycles. The summed E-state index contributed by atoms with van der Waals surface area (Å²) in [6.45, 7) is 0. The van der Waals surface area contributed by atoms with Crippen LogP contribution in [0, 0.1) is 11.6 Å². The van der Waals surface area contributed by atoms with E-state index in [0.29, 0.717) is 5.69 Å². The first-order valence-corrected chi connectivity index (χ1v) is 5.04. The van der Waals surface area contributed by atoms with E-state index in [2.05, 4.69) is 10.3 Å². The standard InChI is InChI=1S/C12H9F2N3O/c13-7-4-9(11(14)10(15)5-7)12(18)17-8-2-1-3-16-6-8/h1-6H,15H2,(H,17,18). The first-order valence-electron chi connectivity index (χ1n) is 5.04. The summed E-state index contributed by atoms with van der Waals surface area (Å²) < 4.78 is 26.6. The minimum absolute atomic E-state index is 0.379. The van der Waals surface area contributed by atoms with E-state index in [1.165, 1.54) is 12.4 Å². The van der Waals surface area contributed by atoms with Crippen LogP contribution in [0.25, 0.3) is 0 Å². The Kier molecular flexibility index (Phi) is 3.18. The number of carbonyl (C=O) groups excluding carboxylic acids is 1. The molecule has 0 saturated heterocycles. The molecule has 0 aliphatic heterocycles. The van der Waals surface area contributed by atoms with Crippen LogP contribution in [0.1, 0.15) is 10.4 Å². The third-order valence-corrected chi connectivity index (χ3v) is 2.23. The van der Waals surface area contributed by atoms with Gasteiger partial charge in [0.25, 0.3) is 5.91 Å². The van der Waals surface area contributed by atoms with Crippen molar-refractivity contribution in [2.45, 2.75) is 0 Å². The maximum atomic E-state index is 13.6. The first kappa shape index (κ1) is 12.0. The minimum atomic E-state index is -0.946. The number of pyridine rings is 1. The number of halogens is 2. The molecule has 2 aromatic rings. The number of nitrogens with two attached hydrogens (primary N) is 1. The molecule has 3 N–H and O–H groups in total. The van der Waals surface area contributed by atoms with E-state index in [1.807, 2.05) is 0 Å². The van der Waals surface area contributed by atoms with Crippen LogP contribution in [0.2, 0.25) is 0 Å². The van der Waals surface area contributed by atoms with Gasteiger partial charge in [-0.05, 0) is 24.3 Å². The van der Waals surface area contributed by atoms with Gasteiger partial charge < -0.3 is 11.1 Å². The average molecular weight is 249 g/mol. The lowest BCUT2D eigenvalue weighted by Crippen LogP contribution is -2.15. The van der Waals surface area contributed by atoms with Crippen molar-refractivity contribution in [3.63, 3.8) is 0 Å². The van der Waals surface area contributed by atoms with Crippen molar-refractivity contribution < 1.29 is 13.6 Å². The fourth-order valence-corrected chi connectivity index (χ4v) is 1.41. The quantitative estimate of drug-likeness (QED) is 0.801. The molecule has 0 aliphatic rings. The van der Waals surface area contributed by atoms with Gasteiger partial charge in [-0.2, -0.15) is 0 Å². The van der Waals surface area contributed by atoms with E-state index in [1.54, 1.807) is 12.1 Å². The zero-order valence-corrected chi connectivity index (χ0v) is 9.15. The van der Waals surface area contributed by atoms with Crippen LogP contribution >= 0.6 is 0 Å². The summed E-state index contributed by atoms with van der Waals surface area (Å²) in [6.07, 6.45) is 2.91. The van der Waals surface area contributed by atoms with Crippen molar-refractivity contribution >= 4 is 17.3 Å². The summed E-state index contributed by atoms with van der Waals surface area (Å²) in [5, 5.41) is 2.39. The Hall–Kier alpha value is -2.50. The second kappa shape index (κ2) is 4.79. The molecule has 0 bridgehead atoms. The highest BCUT2D eigenvalue weighted by Gasteiger charge is 2.16. The van der Waals surface area contributed by atoms with E-state index in [9.17, 15) is 13.6 Å². The third-order valence-electron chi connectivity index (χ3n) is 2.23. The molecule has 1 aromatic heterocycles. The molecule has 0 spiro atoms. The van der Waals surface area contributed by atoms with E-state index < -0.39 is 28.8 Å². The largest absolute Gasteiger partial charge is 0.396 e. The van der Waals surface area contributed by atoms with Crippen LogP contribution in [0.5, 0.6) is 0 Å². The van der Waals surface area contributed by atoms with Crippen LogP contribution in [-0.4, -0.2) is 10.9 Å². The lowest BCUT2D eigenvalue weighted by Gasteiger charge is -2.07. The maximum Gasteiger partial charge on any atom is 0.258 e. The average Bonchev–Trinajstić information content (AvgIpc) is 2.35. The molecule has 2 rings (SSSR count). The predicted octanol–water partition coefficient (Wildman–Crippen LogP) is 2.19. The Balaban J connectivity index is 2.30. The summed E-state index contributed by atoms with van der Waals surface area (Å²) in [7, 11) is 0. The number of nitrogens with zero attached hydrogens (tertiary/aromatic N) is 1. The van der Waals surface area contributed by atoms with Gasteiger partial charge in [0, 0.05) is 6.20 Å². The molecule has 0 unspecified atom stereocenters. The van der Waals surface area contributed by atoms with Gasteiger partial charge in [-0.15, -0.1) is 0 Å². The molecule has 0 radical (unpaired) electrons. The van der Waals surface area contributed by atoms with E-state index >= 15 is 0 Å². The molecule has 0 saturated carbocycles. The Labute approximate surface area is 101 Å². The number of carbonyl (C=O) groups is 1. The second-order valence-corrected chi connectivity index (χ2v) is 3.55. The summed E-state index contributed by atoms with van der Waals surface area (Å²) in [5.41, 5.74) is 4.77. The summed E-state index contributed by atoms with van der Waals surface area (Å²) in [4.78, 5) is 15.5. The van der Waals surface area contributed by atoms with Gasteiger partial charge in [0.2, 0.25) is 0 Å². The van der Waals surface area contributed by atoms with Crippen molar-refractivity contribution in [1.29, 1.82) is 0 Å². The monoisotopic (exact) mass is 249 g/mol. The molecule has 18 heavy (non-hydrogen) atoms. The molecule has 1 amide bonds. The number of nitrogen functional groups attached to an aromatic ring is 1. The molecular formula is C12H9F2N3O. The lowest BCUT2D eigenvalue weighted by atomic mass is 10.1. The number of hydrogen-bond donors (Lipinski definition) is 2. The topological polar surface area (TPSA) is 68.0 Å². The predicted molar refractivity (Wildman–Crippen MR) is 63.0 cm³/mol. The van der Waals surface area contributed by atoms with Crippen LogP contribution in [-0.2, 0) is 0 Å². The van der Waals surface area contributed by atoms with E-state index in [4.69, 9.17) is 5.73 Å². The zero-order chi connectivity index (χ0) is 13.1. The van der Waals surface area contributed by atoms with Crippen LogP contribution in [0.4, 0.5) is 20.2 Å². The maximum absolute atomic E-state index is 13.6. The SMILES string of the molecule is Nc1cc(F)cc(C(=O)Nc2cccnc2)c1F. The first-order chi connectivity index (χ1) is 8.58. The fraction of sp³-hybridized carbons (Fsp3) is 0. The van der Waals surface area contributed by atoms with E-state index in [0.717, 1.165) is 12.1 Å². The molecule has 0 fully saturated rings. The number of amides is 1. The van der Waals surface area contributed by atoms with Crippen LogP contribution in [0.3, 0.4) is 0 Å². The second-order valence-electron chi connectivity index (χ2n) is 3.55. The van der Waals surface area contributed by atoms with Crippen LogP contribution < -0.4 is 11.1 Å². The highest BCUT2D eigenvalue weighted by Crippen LogP contribution is 2.18. The Bertz CT molecular complexity index is 587. The number of rotatable bonds is 2. The summed E-state index contributed by atoms with van der Waals surface area (Å²) in [6, 6.07) is 4.78. The highest BCUT2D eigenvalue weighted by atomic mass is 19.1. The van der Waals surface area contributed by atoms with Crippen molar-refractivity contribution in [2.75, 3.05) is 11.1 Å². The fourth-order valence-electron chi connectivity index (χ4n) is 1.41. The normalized spacial score (nSPS) is 10.1. The number of nitrogens with one attached hydrogen (secondary N) is 1. The Morgan fingerprint density at radius 2 is 2.11 bits per heavy atom. The van der Waals surface area contributed by atoms with Gasteiger partial charge in [-0.1, -0.05) is 0 Å². The van der Waals surface area contributed by atoms with Gasteiger partial charge in [-0.3, -0.25) is 9.78 Å². The number of anilines is 2. The van der Waals surface area contributed by atoms with Crippen molar-refractivity contribution in [3.8, 4) is 0 Å². The molecular weight excluding hydrogens is 240 g/mol. The van der Waals surface area contributed by atoms with Gasteiger partial charge in [-0.25, -0.2) is 8.78 Å². The molecule has 4 nitrogen and oxygen atoms in total. The van der Waals surface area contributed by atoms with Crippen molar-refractivity contribution in [3.05, 3.63) is 53.9 Å². The summed E-state index contributed by atoms with van der Waals surface area (Å²) >= 11 is 0. The van der Waals surface area contributed by atoms with Crippen molar-refractivity contribution in [2.24, 2.45) is 0 Å². The molecule has 0 aliphatic carbocycles. The van der Waals surface area contributed by atoms with E-state index in [-0.39, 0.29) is 0 Å². The van der Waals surface area contributed by atoms with Crippen molar-refractivity contribution in [1.82, 2.24) is 4.98 Å². The van der Waals surface area contributed by atoms with Gasteiger partial charge in [0.05, 0.1) is 23.1 Å². The lowest BCUT2D eigenvalue weighted by molar-refractivity contribution is 0.102. The number of hydrogen-bond acceptors (Lipinski definition) is 3. The minimum Gasteiger partial charge on any atom is -0.396 e. The smallest absolute Gasteiger partial charge is 0.258 e. The molecule has 0 atom stereocenters. The van der Waals surface area contributed by atoms with Gasteiger partial charge in [0.1, 0.15) is 5.82 Å². The number of aromatic nitrogens is 1. The third kappa shape index (κ3) is 2.42. The zero-order valence-electron chi connectivity index (χ0n) is 9.15. The highest BCUT2D eigenvalue weighted by molar-refractivity contribution is 6.04. The Morgan fingerprint density at radius 1 is 1.33 bits per heavy atom.